The minimum Gasteiger partial charge on any atom is -0.496 e. The standard InChI is InChI=1S/C38H31F3N6O4S/c1-50-27-10-4-7-21-22(27)12-14-24(21)44-35-33-20(15-16-42-35)18-28(52-33)30-29(34-45-37(49)51-46-34)25(13-11-19-6-2-3-8-23(19)38(39,40)41)43-32-26-9-5-17-47(26)36(48)31(30)32/h2-4,6-8,10,15-16,18,24,26H,5,9,11-14,17H2,1H3,(H,42,44)(H,45,46,49)/t24-,26+/m0/s1. The van der Waals surface area contributed by atoms with Crippen molar-refractivity contribution in [2.75, 3.05) is 19.0 Å². The van der Waals surface area contributed by atoms with Crippen LogP contribution in [0.15, 0.2) is 70.1 Å². The minimum absolute atomic E-state index is 0.00891. The molecule has 1 fully saturated rings. The number of rotatable bonds is 8. The number of amides is 1. The number of ether oxygens (including phenoxy) is 1. The number of H-pyrrole nitrogens is 1. The van der Waals surface area contributed by atoms with Crippen LogP contribution in [-0.2, 0) is 25.4 Å². The monoisotopic (exact) mass is 724 g/mol. The number of hydrogen-bond donors (Lipinski definition) is 2. The van der Waals surface area contributed by atoms with Crippen molar-refractivity contribution in [3.63, 3.8) is 0 Å². The highest BCUT2D eigenvalue weighted by atomic mass is 32.1. The van der Waals surface area contributed by atoms with Crippen LogP contribution in [0.3, 0.4) is 0 Å². The second-order valence-corrected chi connectivity index (χ2v) is 14.3. The number of pyridine rings is 2. The normalized spacial score (nSPS) is 17.8. The van der Waals surface area contributed by atoms with Crippen LogP contribution in [0.4, 0.5) is 19.0 Å². The molecule has 2 atom stereocenters. The van der Waals surface area contributed by atoms with Crippen LogP contribution in [0, 0.1) is 0 Å². The number of thiophene rings is 1. The van der Waals surface area contributed by atoms with Crippen LogP contribution in [-0.4, -0.2) is 44.6 Å². The van der Waals surface area contributed by atoms with E-state index in [2.05, 4.69) is 21.5 Å². The molecule has 0 saturated carbocycles. The molecule has 3 aliphatic rings. The molecule has 1 amide bonds. The Morgan fingerprint density at radius 1 is 1.06 bits per heavy atom. The molecule has 4 aromatic heterocycles. The van der Waals surface area contributed by atoms with Gasteiger partial charge in [-0.25, -0.2) is 9.78 Å². The van der Waals surface area contributed by atoms with Crippen LogP contribution in [0.1, 0.15) is 75.3 Å². The first kappa shape index (κ1) is 32.4. The van der Waals surface area contributed by atoms with E-state index in [1.54, 1.807) is 19.4 Å². The van der Waals surface area contributed by atoms with Crippen molar-refractivity contribution in [3.8, 4) is 27.6 Å². The summed E-state index contributed by atoms with van der Waals surface area (Å²) in [5, 5.41) is 8.57. The Morgan fingerprint density at radius 3 is 2.73 bits per heavy atom. The maximum atomic E-state index is 14.2. The molecule has 1 saturated heterocycles. The number of benzene rings is 2. The van der Waals surface area contributed by atoms with E-state index in [-0.39, 0.29) is 42.2 Å². The summed E-state index contributed by atoms with van der Waals surface area (Å²) >= 11 is 1.44. The van der Waals surface area contributed by atoms with Gasteiger partial charge in [0.05, 0.1) is 52.0 Å². The first-order valence-corrected chi connectivity index (χ1v) is 17.9. The van der Waals surface area contributed by atoms with Crippen LogP contribution in [0.2, 0.25) is 0 Å². The Balaban J connectivity index is 1.21. The molecule has 6 heterocycles. The lowest BCUT2D eigenvalue weighted by atomic mass is 9.92. The predicted octanol–water partition coefficient (Wildman–Crippen LogP) is 7.90. The van der Waals surface area contributed by atoms with Crippen molar-refractivity contribution < 1.29 is 27.2 Å². The zero-order valence-electron chi connectivity index (χ0n) is 27.8. The van der Waals surface area contributed by atoms with Crippen LogP contribution in [0.25, 0.3) is 31.9 Å². The molecular weight excluding hydrogens is 694 g/mol. The zero-order valence-corrected chi connectivity index (χ0v) is 28.7. The predicted molar refractivity (Wildman–Crippen MR) is 189 cm³/mol. The Labute approximate surface area is 298 Å². The molecule has 14 heteroatoms. The van der Waals surface area contributed by atoms with Gasteiger partial charge in [-0.15, -0.1) is 11.3 Å². The average Bonchev–Trinajstić information content (AvgIpc) is 3.98. The summed E-state index contributed by atoms with van der Waals surface area (Å²) in [4.78, 5) is 41.5. The van der Waals surface area contributed by atoms with E-state index in [1.165, 1.54) is 29.0 Å². The number of hydrogen-bond acceptors (Lipinski definition) is 9. The highest BCUT2D eigenvalue weighted by molar-refractivity contribution is 7.23. The summed E-state index contributed by atoms with van der Waals surface area (Å²) in [7, 11) is 1.67. The first-order chi connectivity index (χ1) is 25.2. The van der Waals surface area contributed by atoms with E-state index in [0.717, 1.165) is 53.1 Å². The second kappa shape index (κ2) is 12.3. The largest absolute Gasteiger partial charge is 0.496 e. The van der Waals surface area contributed by atoms with Gasteiger partial charge >= 0.3 is 11.9 Å². The molecule has 1 aliphatic carbocycles. The number of aromatic amines is 1. The minimum atomic E-state index is -4.53. The van der Waals surface area contributed by atoms with Crippen LogP contribution >= 0.6 is 11.3 Å². The highest BCUT2D eigenvalue weighted by Crippen LogP contribution is 2.50. The number of aryl methyl sites for hydroxylation is 2. The third-order valence-corrected chi connectivity index (χ3v) is 11.6. The number of nitrogens with one attached hydrogen (secondary N) is 2. The Kier molecular flexibility index (Phi) is 7.68. The third kappa shape index (κ3) is 5.26. The van der Waals surface area contributed by atoms with E-state index in [4.69, 9.17) is 19.2 Å². The Bertz CT molecular complexity index is 2450. The van der Waals surface area contributed by atoms with Gasteiger partial charge in [0.2, 0.25) is 0 Å². The fourth-order valence-corrected chi connectivity index (χ4v) is 9.32. The van der Waals surface area contributed by atoms with E-state index < -0.39 is 17.5 Å². The van der Waals surface area contributed by atoms with Gasteiger partial charge in [0.15, 0.2) is 5.82 Å². The van der Waals surface area contributed by atoms with E-state index in [9.17, 15) is 22.8 Å². The first-order valence-electron chi connectivity index (χ1n) is 17.1. The number of fused-ring (bicyclic) bond motifs is 5. The molecule has 10 nitrogen and oxygen atoms in total. The molecule has 0 unspecified atom stereocenters. The maximum Gasteiger partial charge on any atom is 0.439 e. The number of carbonyl (C=O) groups is 1. The van der Waals surface area contributed by atoms with Gasteiger partial charge in [0.1, 0.15) is 11.6 Å². The Hall–Kier alpha value is -5.50. The summed E-state index contributed by atoms with van der Waals surface area (Å²) in [5.41, 5.74) is 4.03. The lowest BCUT2D eigenvalue weighted by Crippen LogP contribution is -2.22. The number of methoxy groups -OCH3 is 1. The molecule has 9 rings (SSSR count). The number of anilines is 1. The molecule has 0 bridgehead atoms. The Morgan fingerprint density at radius 2 is 1.92 bits per heavy atom. The summed E-state index contributed by atoms with van der Waals surface area (Å²) in [5.74, 6) is 0.625. The van der Waals surface area contributed by atoms with Crippen molar-refractivity contribution in [1.29, 1.82) is 0 Å². The smallest absolute Gasteiger partial charge is 0.439 e. The quantitative estimate of drug-likeness (QED) is 0.162. The number of alkyl halides is 3. The molecular formula is C38H31F3N6O4S. The topological polar surface area (TPSA) is 126 Å². The molecule has 2 aromatic carbocycles. The lowest BCUT2D eigenvalue weighted by Gasteiger charge is -2.17. The summed E-state index contributed by atoms with van der Waals surface area (Å²) < 4.78 is 53.5. The third-order valence-electron chi connectivity index (χ3n) is 10.4. The summed E-state index contributed by atoms with van der Waals surface area (Å²) in [6.45, 7) is 0.571. The number of halogens is 3. The van der Waals surface area contributed by atoms with Gasteiger partial charge in [0, 0.05) is 23.2 Å². The number of aromatic nitrogens is 4. The van der Waals surface area contributed by atoms with Crippen LogP contribution < -0.4 is 15.8 Å². The van der Waals surface area contributed by atoms with Gasteiger partial charge in [0.25, 0.3) is 5.91 Å². The van der Waals surface area contributed by atoms with Crippen molar-refractivity contribution in [2.24, 2.45) is 0 Å². The van der Waals surface area contributed by atoms with Gasteiger partial charge in [-0.05, 0) is 84.9 Å². The van der Waals surface area contributed by atoms with Crippen molar-refractivity contribution >= 4 is 33.1 Å². The number of nitrogens with zero attached hydrogens (tertiary/aromatic N) is 4. The van der Waals surface area contributed by atoms with E-state index >= 15 is 0 Å². The molecule has 6 aromatic rings. The molecule has 2 aliphatic heterocycles. The van der Waals surface area contributed by atoms with E-state index in [0.29, 0.717) is 45.3 Å². The molecule has 2 N–H and O–H groups in total. The molecule has 0 spiro atoms. The number of carbonyl (C=O) groups excluding carboxylic acids is 1. The maximum absolute atomic E-state index is 14.2. The zero-order chi connectivity index (χ0) is 35.7. The van der Waals surface area contributed by atoms with E-state index in [1.807, 2.05) is 29.2 Å². The van der Waals surface area contributed by atoms with Gasteiger partial charge in [-0.1, -0.05) is 35.5 Å². The summed E-state index contributed by atoms with van der Waals surface area (Å²) in [6.07, 6.45) is 0.562. The fraction of sp³-hybridized carbons (Fsp3) is 0.289. The van der Waals surface area contributed by atoms with Crippen LogP contribution in [0.5, 0.6) is 5.75 Å². The fourth-order valence-electron chi connectivity index (χ4n) is 8.16. The van der Waals surface area contributed by atoms with Crippen molar-refractivity contribution in [1.82, 2.24) is 25.0 Å². The summed E-state index contributed by atoms with van der Waals surface area (Å²) in [6, 6.07) is 15.2. The van der Waals surface area contributed by atoms with Gasteiger partial charge in [-0.2, -0.15) is 13.2 Å². The SMILES string of the molecule is COc1cccc2c1CC[C@@H]2Nc1nccc2cc(-c3c4c(nc(CCc5ccccc5C(F)(F)F)c3-c3noc(=O)[nH]3)[C@H]3CCCN3C4=O)sc12. The lowest BCUT2D eigenvalue weighted by molar-refractivity contribution is -0.138. The molecule has 264 valence electrons. The van der Waals surface area contributed by atoms with Gasteiger partial charge in [-0.3, -0.25) is 19.3 Å². The van der Waals surface area contributed by atoms with Gasteiger partial charge < -0.3 is 15.0 Å². The highest BCUT2D eigenvalue weighted by Gasteiger charge is 2.45. The second-order valence-electron chi connectivity index (χ2n) is 13.3. The molecule has 52 heavy (non-hydrogen) atoms. The average molecular weight is 725 g/mol. The molecule has 0 radical (unpaired) electrons. The van der Waals surface area contributed by atoms with Crippen molar-refractivity contribution in [2.45, 2.75) is 56.8 Å². The van der Waals surface area contributed by atoms with Crippen molar-refractivity contribution in [3.05, 3.63) is 111 Å².